The molecule has 2 aromatic carbocycles. The summed E-state index contributed by atoms with van der Waals surface area (Å²) in [5, 5.41) is 14.9. The van der Waals surface area contributed by atoms with Crippen LogP contribution in [0.25, 0.3) is 0 Å². The molecule has 0 saturated carbocycles. The molecule has 3 amide bonds. The van der Waals surface area contributed by atoms with Crippen molar-refractivity contribution in [3.05, 3.63) is 59.7 Å². The fraction of sp³-hybridized carbons (Fsp3) is 0.360. The summed E-state index contributed by atoms with van der Waals surface area (Å²) < 4.78 is 27.7. The second kappa shape index (κ2) is 8.86. The van der Waals surface area contributed by atoms with E-state index in [9.17, 15) is 28.4 Å². The van der Waals surface area contributed by atoms with Gasteiger partial charge in [-0.05, 0) is 36.1 Å². The fourth-order valence-corrected chi connectivity index (χ4v) is 4.79. The van der Waals surface area contributed by atoms with E-state index in [0.717, 1.165) is 18.2 Å². The third-order valence-electron chi connectivity index (χ3n) is 6.42. The quantitative estimate of drug-likeness (QED) is 0.658. The first-order valence-corrected chi connectivity index (χ1v) is 11.0. The summed E-state index contributed by atoms with van der Waals surface area (Å²) in [6, 6.07) is 10.9. The van der Waals surface area contributed by atoms with Gasteiger partial charge in [-0.25, -0.2) is 8.78 Å². The van der Waals surface area contributed by atoms with Crippen LogP contribution in [0.15, 0.2) is 42.5 Å². The molecule has 7 nitrogen and oxygen atoms in total. The van der Waals surface area contributed by atoms with Gasteiger partial charge in [0.05, 0.1) is 17.2 Å². The lowest BCUT2D eigenvalue weighted by Gasteiger charge is -2.27. The van der Waals surface area contributed by atoms with Crippen LogP contribution in [0.3, 0.4) is 0 Å². The minimum Gasteiger partial charge on any atom is -0.325 e. The van der Waals surface area contributed by atoms with Gasteiger partial charge in [0.2, 0.25) is 17.7 Å². The summed E-state index contributed by atoms with van der Waals surface area (Å²) in [4.78, 5) is 40.9. The summed E-state index contributed by atoms with van der Waals surface area (Å²) >= 11 is 0. The number of hydrogen-bond donors (Lipinski definition) is 2. The molecule has 0 radical (unpaired) electrons. The van der Waals surface area contributed by atoms with Crippen molar-refractivity contribution in [1.29, 1.82) is 5.26 Å². The SMILES string of the molecule is CC(C)CC(C(=O)Nc1cc(F)ccc1F)C(=O)N1C[C@]2(CC1C#N)C(=O)Nc1ccccc12. The summed E-state index contributed by atoms with van der Waals surface area (Å²) in [5.74, 6) is -4.60. The van der Waals surface area contributed by atoms with Crippen LogP contribution in [0, 0.1) is 34.8 Å². The van der Waals surface area contributed by atoms with Crippen LogP contribution in [-0.2, 0) is 19.8 Å². The van der Waals surface area contributed by atoms with Crippen molar-refractivity contribution in [3.8, 4) is 6.07 Å². The molecule has 2 unspecified atom stereocenters. The zero-order valence-electron chi connectivity index (χ0n) is 18.8. The number of rotatable bonds is 5. The van der Waals surface area contributed by atoms with Gasteiger partial charge in [-0.1, -0.05) is 32.0 Å². The van der Waals surface area contributed by atoms with E-state index in [2.05, 4.69) is 16.7 Å². The summed E-state index contributed by atoms with van der Waals surface area (Å²) in [5.41, 5.74) is -0.107. The smallest absolute Gasteiger partial charge is 0.237 e. The lowest BCUT2D eigenvalue weighted by Crippen LogP contribution is -2.46. The van der Waals surface area contributed by atoms with Crippen molar-refractivity contribution in [3.63, 3.8) is 0 Å². The lowest BCUT2D eigenvalue weighted by molar-refractivity contribution is -0.141. The molecule has 2 heterocycles. The average molecular weight is 466 g/mol. The van der Waals surface area contributed by atoms with Crippen LogP contribution in [0.5, 0.6) is 0 Å². The zero-order chi connectivity index (χ0) is 24.6. The fourth-order valence-electron chi connectivity index (χ4n) is 4.79. The first kappa shape index (κ1) is 23.4. The molecule has 2 aromatic rings. The zero-order valence-corrected chi connectivity index (χ0v) is 18.8. The van der Waals surface area contributed by atoms with E-state index in [1.165, 1.54) is 4.90 Å². The molecule has 1 saturated heterocycles. The normalized spacial score (nSPS) is 21.8. The third kappa shape index (κ3) is 4.00. The Hall–Kier alpha value is -3.80. The van der Waals surface area contributed by atoms with Gasteiger partial charge in [-0.2, -0.15) is 5.26 Å². The average Bonchev–Trinajstić information content (AvgIpc) is 3.32. The molecular weight excluding hydrogens is 442 g/mol. The molecular formula is C25H24F2N4O3. The molecule has 1 spiro atoms. The molecule has 1 fully saturated rings. The number of nitrogens with zero attached hydrogens (tertiary/aromatic N) is 2. The molecule has 2 aliphatic rings. The Kier molecular flexibility index (Phi) is 6.09. The lowest BCUT2D eigenvalue weighted by atomic mass is 9.80. The Morgan fingerprint density at radius 2 is 2.00 bits per heavy atom. The van der Waals surface area contributed by atoms with Gasteiger partial charge in [-0.3, -0.25) is 14.4 Å². The number of anilines is 2. The number of benzene rings is 2. The number of likely N-dealkylation sites (tertiary alicyclic amines) is 1. The standard InChI is InChI=1S/C25H24F2N4O3/c1-14(2)9-17(22(32)29-21-10-15(26)7-8-19(21)27)23(33)31-13-25(11-16(31)12-28)18-5-3-4-6-20(18)30-24(25)34/h3-8,10,14,16-17H,9,11,13H2,1-2H3,(H,29,32)(H,30,34)/t16?,17?,25-/m0/s1. The van der Waals surface area contributed by atoms with Crippen molar-refractivity contribution in [2.75, 3.05) is 17.2 Å². The van der Waals surface area contributed by atoms with Crippen LogP contribution in [0.1, 0.15) is 32.3 Å². The number of nitrogens with one attached hydrogen (secondary N) is 2. The second-order valence-corrected chi connectivity index (χ2v) is 9.19. The maximum Gasteiger partial charge on any atom is 0.237 e. The van der Waals surface area contributed by atoms with Crippen molar-refractivity contribution < 1.29 is 23.2 Å². The van der Waals surface area contributed by atoms with E-state index >= 15 is 0 Å². The van der Waals surface area contributed by atoms with Gasteiger partial charge in [0.15, 0.2) is 0 Å². The number of carbonyl (C=O) groups is 3. The van der Waals surface area contributed by atoms with Gasteiger partial charge in [0, 0.05) is 24.7 Å². The van der Waals surface area contributed by atoms with Gasteiger partial charge in [0.25, 0.3) is 0 Å². The van der Waals surface area contributed by atoms with E-state index in [0.29, 0.717) is 11.3 Å². The highest BCUT2D eigenvalue weighted by Crippen LogP contribution is 2.46. The molecule has 2 aliphatic heterocycles. The molecule has 0 aliphatic carbocycles. The van der Waals surface area contributed by atoms with Crippen molar-refractivity contribution >= 4 is 29.1 Å². The predicted molar refractivity (Wildman–Crippen MR) is 120 cm³/mol. The Morgan fingerprint density at radius 3 is 2.71 bits per heavy atom. The van der Waals surface area contributed by atoms with Gasteiger partial charge in [-0.15, -0.1) is 0 Å². The molecule has 0 aromatic heterocycles. The topological polar surface area (TPSA) is 102 Å². The van der Waals surface area contributed by atoms with E-state index in [-0.39, 0.29) is 36.9 Å². The first-order chi connectivity index (χ1) is 16.2. The van der Waals surface area contributed by atoms with Gasteiger partial charge in [0.1, 0.15) is 23.6 Å². The van der Waals surface area contributed by atoms with Crippen molar-refractivity contribution in [2.24, 2.45) is 11.8 Å². The first-order valence-electron chi connectivity index (χ1n) is 11.0. The van der Waals surface area contributed by atoms with Crippen molar-refractivity contribution in [2.45, 2.75) is 38.1 Å². The number of halogens is 2. The maximum atomic E-state index is 14.1. The molecule has 4 rings (SSSR count). The number of hydrogen-bond acceptors (Lipinski definition) is 4. The molecule has 3 atom stereocenters. The number of para-hydroxylation sites is 1. The number of fused-ring (bicyclic) bond motifs is 2. The number of nitriles is 1. The third-order valence-corrected chi connectivity index (χ3v) is 6.42. The summed E-state index contributed by atoms with van der Waals surface area (Å²) in [7, 11) is 0. The van der Waals surface area contributed by atoms with Gasteiger partial charge < -0.3 is 15.5 Å². The highest BCUT2D eigenvalue weighted by atomic mass is 19.1. The molecule has 34 heavy (non-hydrogen) atoms. The monoisotopic (exact) mass is 466 g/mol. The molecule has 0 bridgehead atoms. The number of carbonyl (C=O) groups excluding carboxylic acids is 3. The summed E-state index contributed by atoms with van der Waals surface area (Å²) in [6.07, 6.45) is 0.235. The summed E-state index contributed by atoms with van der Waals surface area (Å²) in [6.45, 7) is 3.59. The molecule has 176 valence electrons. The van der Waals surface area contributed by atoms with E-state index in [1.807, 2.05) is 13.8 Å². The molecule has 9 heteroatoms. The van der Waals surface area contributed by atoms with Crippen molar-refractivity contribution in [1.82, 2.24) is 4.90 Å². The van der Waals surface area contributed by atoms with E-state index in [1.54, 1.807) is 24.3 Å². The van der Waals surface area contributed by atoms with Crippen LogP contribution in [-0.4, -0.2) is 35.2 Å². The Bertz CT molecular complexity index is 1210. The van der Waals surface area contributed by atoms with E-state index < -0.39 is 40.8 Å². The minimum absolute atomic E-state index is 0.0525. The highest BCUT2D eigenvalue weighted by molar-refractivity contribution is 6.09. The molecule has 2 N–H and O–H groups in total. The van der Waals surface area contributed by atoms with Crippen LogP contribution in [0.2, 0.25) is 0 Å². The number of amides is 3. The maximum absolute atomic E-state index is 14.1. The minimum atomic E-state index is -1.24. The highest BCUT2D eigenvalue weighted by Gasteiger charge is 2.56. The van der Waals surface area contributed by atoms with Crippen LogP contribution >= 0.6 is 0 Å². The Morgan fingerprint density at radius 1 is 1.26 bits per heavy atom. The van der Waals surface area contributed by atoms with E-state index in [4.69, 9.17) is 0 Å². The Balaban J connectivity index is 1.64. The van der Waals surface area contributed by atoms with Gasteiger partial charge >= 0.3 is 0 Å². The van der Waals surface area contributed by atoms with Crippen LogP contribution < -0.4 is 10.6 Å². The predicted octanol–water partition coefficient (Wildman–Crippen LogP) is 3.58. The van der Waals surface area contributed by atoms with Crippen LogP contribution in [0.4, 0.5) is 20.2 Å². The second-order valence-electron chi connectivity index (χ2n) is 9.19. The largest absolute Gasteiger partial charge is 0.325 e. The Labute approximate surface area is 195 Å².